The minimum absolute atomic E-state index is 0.0819. The molecule has 0 radical (unpaired) electrons. The first-order valence-electron chi connectivity index (χ1n) is 9.61. The summed E-state index contributed by atoms with van der Waals surface area (Å²) in [6.07, 6.45) is 5.14. The van der Waals surface area contributed by atoms with Gasteiger partial charge in [-0.25, -0.2) is 0 Å². The van der Waals surface area contributed by atoms with Crippen LogP contribution < -0.4 is 20.1 Å². The molecule has 0 spiro atoms. The van der Waals surface area contributed by atoms with Gasteiger partial charge in [-0.05, 0) is 61.2 Å². The van der Waals surface area contributed by atoms with Gasteiger partial charge >= 0.3 is 0 Å². The molecule has 1 fully saturated rings. The number of carbonyl (C=O) groups is 2. The van der Waals surface area contributed by atoms with Crippen LogP contribution in [0.5, 0.6) is 11.5 Å². The average molecular weight is 394 g/mol. The lowest BCUT2D eigenvalue weighted by Gasteiger charge is -2.14. The van der Waals surface area contributed by atoms with Crippen molar-refractivity contribution < 1.29 is 19.1 Å². The highest BCUT2D eigenvalue weighted by atomic mass is 16.5. The van der Waals surface area contributed by atoms with E-state index < -0.39 is 0 Å². The maximum Gasteiger partial charge on any atom is 0.244 e. The van der Waals surface area contributed by atoms with Gasteiger partial charge in [-0.1, -0.05) is 12.1 Å². The molecule has 1 aliphatic rings. The van der Waals surface area contributed by atoms with Gasteiger partial charge in [0.15, 0.2) is 0 Å². The van der Waals surface area contributed by atoms with Gasteiger partial charge < -0.3 is 20.1 Å². The van der Waals surface area contributed by atoms with E-state index in [0.29, 0.717) is 11.5 Å². The maximum atomic E-state index is 12.3. The molecule has 0 aliphatic heterocycles. The van der Waals surface area contributed by atoms with Crippen molar-refractivity contribution in [3.05, 3.63) is 59.7 Å². The monoisotopic (exact) mass is 394 g/mol. The summed E-state index contributed by atoms with van der Waals surface area (Å²) in [5.41, 5.74) is 2.54. The predicted octanol–water partition coefficient (Wildman–Crippen LogP) is 3.94. The molecule has 2 amide bonds. The van der Waals surface area contributed by atoms with Crippen LogP contribution in [0, 0.1) is 5.92 Å². The Morgan fingerprint density at radius 3 is 2.21 bits per heavy atom. The highest BCUT2D eigenvalue weighted by molar-refractivity contribution is 5.94. The molecule has 0 saturated heterocycles. The number of hydrogen-bond donors (Lipinski definition) is 2. The first kappa shape index (κ1) is 20.5. The first-order valence-corrected chi connectivity index (χ1v) is 9.61. The molecular weight excluding hydrogens is 368 g/mol. The van der Waals surface area contributed by atoms with Gasteiger partial charge in [0, 0.05) is 23.7 Å². The number of benzene rings is 2. The second kappa shape index (κ2) is 9.28. The zero-order valence-electron chi connectivity index (χ0n) is 16.9. The molecule has 2 aromatic carbocycles. The normalized spacial score (nSPS) is 14.3. The lowest BCUT2D eigenvalue weighted by molar-refractivity contribution is -0.118. The Labute approximate surface area is 170 Å². The molecule has 1 aliphatic carbocycles. The molecule has 3 rings (SSSR count). The number of rotatable bonds is 8. The summed E-state index contributed by atoms with van der Waals surface area (Å²) in [7, 11) is 3.17. The number of amides is 2. The lowest BCUT2D eigenvalue weighted by Crippen LogP contribution is -2.24. The third kappa shape index (κ3) is 5.85. The Balaban J connectivity index is 1.57. The Morgan fingerprint density at radius 2 is 1.66 bits per heavy atom. The van der Waals surface area contributed by atoms with E-state index in [1.807, 2.05) is 43.3 Å². The molecule has 29 heavy (non-hydrogen) atoms. The molecule has 2 aromatic rings. The van der Waals surface area contributed by atoms with Crippen LogP contribution in [0.4, 0.5) is 5.69 Å². The minimum Gasteiger partial charge on any atom is -0.497 e. The van der Waals surface area contributed by atoms with Gasteiger partial charge in [-0.2, -0.15) is 0 Å². The van der Waals surface area contributed by atoms with Crippen LogP contribution in [0.25, 0.3) is 6.08 Å². The maximum absolute atomic E-state index is 12.3. The largest absolute Gasteiger partial charge is 0.497 e. The van der Waals surface area contributed by atoms with Crippen LogP contribution in [0.15, 0.2) is 48.5 Å². The van der Waals surface area contributed by atoms with E-state index in [0.717, 1.165) is 29.7 Å². The van der Waals surface area contributed by atoms with Crippen molar-refractivity contribution in [1.29, 1.82) is 0 Å². The first-order chi connectivity index (χ1) is 14.0. The van der Waals surface area contributed by atoms with Gasteiger partial charge in [0.1, 0.15) is 11.5 Å². The summed E-state index contributed by atoms with van der Waals surface area (Å²) in [6, 6.07) is 12.8. The van der Waals surface area contributed by atoms with Crippen molar-refractivity contribution >= 4 is 23.6 Å². The molecule has 6 nitrogen and oxygen atoms in total. The number of carbonyl (C=O) groups excluding carboxylic acids is 2. The summed E-state index contributed by atoms with van der Waals surface area (Å²) >= 11 is 0. The van der Waals surface area contributed by atoms with Gasteiger partial charge in [-0.15, -0.1) is 0 Å². The molecule has 1 unspecified atom stereocenters. The Bertz CT molecular complexity index is 879. The lowest BCUT2D eigenvalue weighted by atomic mass is 10.1. The van der Waals surface area contributed by atoms with Crippen LogP contribution in [-0.4, -0.2) is 26.0 Å². The van der Waals surface area contributed by atoms with Crippen LogP contribution in [0.1, 0.15) is 36.9 Å². The number of methoxy groups -OCH3 is 2. The zero-order valence-corrected chi connectivity index (χ0v) is 16.9. The summed E-state index contributed by atoms with van der Waals surface area (Å²) in [5.74, 6) is 1.37. The Kier molecular flexibility index (Phi) is 6.54. The van der Waals surface area contributed by atoms with Gasteiger partial charge in [0.05, 0.1) is 20.3 Å². The van der Waals surface area contributed by atoms with E-state index in [2.05, 4.69) is 10.6 Å². The number of ether oxygens (including phenoxy) is 2. The Hall–Kier alpha value is -3.28. The highest BCUT2D eigenvalue weighted by Crippen LogP contribution is 2.30. The molecule has 0 bridgehead atoms. The fourth-order valence-electron chi connectivity index (χ4n) is 2.89. The molecule has 0 aromatic heterocycles. The third-order valence-electron chi connectivity index (χ3n) is 4.79. The minimum atomic E-state index is -0.203. The molecule has 0 heterocycles. The summed E-state index contributed by atoms with van der Waals surface area (Å²) in [4.78, 5) is 24.1. The van der Waals surface area contributed by atoms with E-state index in [-0.39, 0.29) is 23.8 Å². The van der Waals surface area contributed by atoms with E-state index >= 15 is 0 Å². The molecule has 1 saturated carbocycles. The summed E-state index contributed by atoms with van der Waals surface area (Å²) < 4.78 is 10.5. The van der Waals surface area contributed by atoms with Crippen molar-refractivity contribution in [3.63, 3.8) is 0 Å². The SMILES string of the molecule is COc1cc(/C=C/C(=O)NC(C)c2ccc(NC(=O)C3CC3)cc2)cc(OC)c1. The van der Waals surface area contributed by atoms with Gasteiger partial charge in [-0.3, -0.25) is 9.59 Å². The van der Waals surface area contributed by atoms with E-state index in [1.165, 1.54) is 6.08 Å². The number of anilines is 1. The quantitative estimate of drug-likeness (QED) is 0.665. The van der Waals surface area contributed by atoms with Gasteiger partial charge in [0.2, 0.25) is 11.8 Å². The van der Waals surface area contributed by atoms with Crippen LogP contribution in [0.2, 0.25) is 0 Å². The summed E-state index contributed by atoms with van der Waals surface area (Å²) in [6.45, 7) is 1.91. The van der Waals surface area contributed by atoms with E-state index in [1.54, 1.807) is 26.4 Å². The smallest absolute Gasteiger partial charge is 0.244 e. The van der Waals surface area contributed by atoms with Crippen molar-refractivity contribution in [2.24, 2.45) is 5.92 Å². The molecule has 6 heteroatoms. The number of nitrogens with one attached hydrogen (secondary N) is 2. The van der Waals surface area contributed by atoms with E-state index in [4.69, 9.17) is 9.47 Å². The second-order valence-corrected chi connectivity index (χ2v) is 7.10. The fourth-order valence-corrected chi connectivity index (χ4v) is 2.89. The van der Waals surface area contributed by atoms with Crippen molar-refractivity contribution in [3.8, 4) is 11.5 Å². The van der Waals surface area contributed by atoms with Crippen LogP contribution >= 0.6 is 0 Å². The molecule has 2 N–H and O–H groups in total. The van der Waals surface area contributed by atoms with Crippen LogP contribution in [-0.2, 0) is 9.59 Å². The molecule has 152 valence electrons. The third-order valence-corrected chi connectivity index (χ3v) is 4.79. The average Bonchev–Trinajstić information content (AvgIpc) is 3.58. The van der Waals surface area contributed by atoms with Crippen LogP contribution in [0.3, 0.4) is 0 Å². The molecule has 1 atom stereocenters. The van der Waals surface area contributed by atoms with Gasteiger partial charge in [0.25, 0.3) is 0 Å². The topological polar surface area (TPSA) is 76.7 Å². The summed E-state index contributed by atoms with van der Waals surface area (Å²) in [5, 5.41) is 5.85. The Morgan fingerprint density at radius 1 is 1.03 bits per heavy atom. The van der Waals surface area contributed by atoms with Crippen molar-refractivity contribution in [1.82, 2.24) is 5.32 Å². The van der Waals surface area contributed by atoms with Crippen molar-refractivity contribution in [2.75, 3.05) is 19.5 Å². The standard InChI is InChI=1S/C23H26N2O4/c1-15(17-7-9-19(10-8-17)25-23(27)18-5-6-18)24-22(26)11-4-16-12-20(28-2)14-21(13-16)29-3/h4,7-15,18H,5-6H2,1-3H3,(H,24,26)(H,25,27)/b11-4+. The zero-order chi connectivity index (χ0) is 20.8. The van der Waals surface area contributed by atoms with E-state index in [9.17, 15) is 9.59 Å². The highest BCUT2D eigenvalue weighted by Gasteiger charge is 2.29. The second-order valence-electron chi connectivity index (χ2n) is 7.10. The fraction of sp³-hybridized carbons (Fsp3) is 0.304. The molecular formula is C23H26N2O4. The predicted molar refractivity (Wildman–Crippen MR) is 113 cm³/mol. The van der Waals surface area contributed by atoms with Crippen molar-refractivity contribution in [2.45, 2.75) is 25.8 Å². The number of hydrogen-bond acceptors (Lipinski definition) is 4.